The summed E-state index contributed by atoms with van der Waals surface area (Å²) >= 11 is 0. The standard InChI is InChI=1S/C24H28N6O/c25-21-22(26-17-27-23(21)30-15-9-1-2-10-16-30)28-29-24(31)20(18-11-5-3-6-12-18)19-13-7-4-8-14-19/h3-8,11-14,17,20H,1-2,9-10,15-16,25H2,(H,29,31)(H,26,27,28). The van der Waals surface area contributed by atoms with Gasteiger partial charge in [-0.15, -0.1) is 0 Å². The van der Waals surface area contributed by atoms with E-state index in [9.17, 15) is 4.79 Å². The summed E-state index contributed by atoms with van der Waals surface area (Å²) in [7, 11) is 0. The summed E-state index contributed by atoms with van der Waals surface area (Å²) in [6.45, 7) is 1.86. The Labute approximate surface area is 182 Å². The van der Waals surface area contributed by atoms with E-state index in [-0.39, 0.29) is 5.91 Å². The Morgan fingerprint density at radius 3 is 2.03 bits per heavy atom. The molecule has 2 heterocycles. The number of hydrogen-bond acceptors (Lipinski definition) is 6. The first-order valence-electron chi connectivity index (χ1n) is 10.7. The van der Waals surface area contributed by atoms with Crippen LogP contribution in [0.4, 0.5) is 17.3 Å². The molecule has 0 aliphatic carbocycles. The minimum atomic E-state index is -0.456. The second-order valence-corrected chi connectivity index (χ2v) is 7.73. The van der Waals surface area contributed by atoms with Crippen LogP contribution < -0.4 is 21.5 Å². The number of carbonyl (C=O) groups is 1. The van der Waals surface area contributed by atoms with Gasteiger partial charge in [-0.2, -0.15) is 0 Å². The van der Waals surface area contributed by atoms with Crippen LogP contribution in [0.15, 0.2) is 67.0 Å². The van der Waals surface area contributed by atoms with Crippen LogP contribution >= 0.6 is 0 Å². The molecule has 1 fully saturated rings. The smallest absolute Gasteiger partial charge is 0.250 e. The number of hydrogen-bond donors (Lipinski definition) is 3. The number of nitrogens with one attached hydrogen (secondary N) is 2. The van der Waals surface area contributed by atoms with Crippen molar-refractivity contribution in [1.82, 2.24) is 15.4 Å². The number of nitrogens with two attached hydrogens (primary N) is 1. The van der Waals surface area contributed by atoms with Gasteiger partial charge in [0.05, 0.1) is 5.92 Å². The molecule has 4 rings (SSSR count). The average molecular weight is 417 g/mol. The van der Waals surface area contributed by atoms with Gasteiger partial charge in [-0.1, -0.05) is 73.5 Å². The van der Waals surface area contributed by atoms with Gasteiger partial charge in [0.25, 0.3) is 0 Å². The van der Waals surface area contributed by atoms with Crippen molar-refractivity contribution in [2.24, 2.45) is 0 Å². The van der Waals surface area contributed by atoms with E-state index in [4.69, 9.17) is 5.73 Å². The number of nitrogen functional groups attached to an aromatic ring is 1. The molecular formula is C24H28N6O. The molecule has 1 saturated heterocycles. The minimum absolute atomic E-state index is 0.188. The summed E-state index contributed by atoms with van der Waals surface area (Å²) in [4.78, 5) is 24.0. The van der Waals surface area contributed by atoms with Crippen molar-refractivity contribution < 1.29 is 4.79 Å². The first-order valence-corrected chi connectivity index (χ1v) is 10.7. The zero-order valence-corrected chi connectivity index (χ0v) is 17.5. The Hall–Kier alpha value is -3.61. The number of hydrazine groups is 1. The molecule has 0 saturated carbocycles. The maximum Gasteiger partial charge on any atom is 0.250 e. The van der Waals surface area contributed by atoms with Crippen LogP contribution in [0.1, 0.15) is 42.7 Å². The van der Waals surface area contributed by atoms with E-state index >= 15 is 0 Å². The van der Waals surface area contributed by atoms with Gasteiger partial charge in [0.15, 0.2) is 11.6 Å². The van der Waals surface area contributed by atoms with E-state index < -0.39 is 5.92 Å². The molecule has 2 aromatic carbocycles. The van der Waals surface area contributed by atoms with Gasteiger partial charge in [0.1, 0.15) is 12.0 Å². The van der Waals surface area contributed by atoms with Crippen LogP contribution in [0.2, 0.25) is 0 Å². The molecule has 0 spiro atoms. The van der Waals surface area contributed by atoms with Crippen LogP contribution in [0, 0.1) is 0 Å². The van der Waals surface area contributed by atoms with Gasteiger partial charge in [0.2, 0.25) is 5.91 Å². The number of anilines is 3. The van der Waals surface area contributed by atoms with E-state index in [1.165, 1.54) is 19.2 Å². The lowest BCUT2D eigenvalue weighted by Gasteiger charge is -2.24. The summed E-state index contributed by atoms with van der Waals surface area (Å²) in [5.74, 6) is 0.480. The van der Waals surface area contributed by atoms with Gasteiger partial charge in [-0.05, 0) is 24.0 Å². The summed E-state index contributed by atoms with van der Waals surface area (Å²) < 4.78 is 0. The van der Waals surface area contributed by atoms with Crippen molar-refractivity contribution in [1.29, 1.82) is 0 Å². The summed E-state index contributed by atoms with van der Waals surface area (Å²) in [6, 6.07) is 19.4. The predicted molar refractivity (Wildman–Crippen MR) is 124 cm³/mol. The van der Waals surface area contributed by atoms with E-state index in [1.807, 2.05) is 60.7 Å². The summed E-state index contributed by atoms with van der Waals surface area (Å²) in [6.07, 6.45) is 6.18. The lowest BCUT2D eigenvalue weighted by Crippen LogP contribution is -2.35. The third-order valence-corrected chi connectivity index (χ3v) is 5.60. The fourth-order valence-corrected chi connectivity index (χ4v) is 4.00. The molecule has 1 amide bonds. The molecule has 0 bridgehead atoms. The highest BCUT2D eigenvalue weighted by atomic mass is 16.2. The molecule has 0 atom stereocenters. The van der Waals surface area contributed by atoms with Crippen LogP contribution in [0.25, 0.3) is 0 Å². The molecule has 0 unspecified atom stereocenters. The van der Waals surface area contributed by atoms with Gasteiger partial charge in [0, 0.05) is 13.1 Å². The number of nitrogens with zero attached hydrogens (tertiary/aromatic N) is 3. The van der Waals surface area contributed by atoms with E-state index in [1.54, 1.807) is 0 Å². The fraction of sp³-hybridized carbons (Fsp3) is 0.292. The predicted octanol–water partition coefficient (Wildman–Crippen LogP) is 3.71. The molecular weight excluding hydrogens is 388 g/mol. The Morgan fingerprint density at radius 2 is 1.45 bits per heavy atom. The third kappa shape index (κ3) is 4.94. The Bertz CT molecular complexity index is 948. The second-order valence-electron chi connectivity index (χ2n) is 7.73. The molecule has 160 valence electrons. The van der Waals surface area contributed by atoms with Crippen molar-refractivity contribution >= 4 is 23.2 Å². The molecule has 1 aromatic heterocycles. The summed E-state index contributed by atoms with van der Waals surface area (Å²) in [5, 5.41) is 0. The van der Waals surface area contributed by atoms with Crippen molar-refractivity contribution in [2.45, 2.75) is 31.6 Å². The number of aromatic nitrogens is 2. The molecule has 7 nitrogen and oxygen atoms in total. The topological polar surface area (TPSA) is 96.2 Å². The van der Waals surface area contributed by atoms with Crippen LogP contribution in [0.3, 0.4) is 0 Å². The highest BCUT2D eigenvalue weighted by Crippen LogP contribution is 2.28. The number of benzene rings is 2. The maximum absolute atomic E-state index is 13.2. The molecule has 31 heavy (non-hydrogen) atoms. The van der Waals surface area contributed by atoms with E-state index in [0.717, 1.165) is 42.9 Å². The lowest BCUT2D eigenvalue weighted by atomic mass is 9.91. The number of rotatable bonds is 6. The Morgan fingerprint density at radius 1 is 0.871 bits per heavy atom. The average Bonchev–Trinajstić information content (AvgIpc) is 3.10. The maximum atomic E-state index is 13.2. The number of amides is 1. The van der Waals surface area contributed by atoms with Gasteiger partial charge >= 0.3 is 0 Å². The van der Waals surface area contributed by atoms with Crippen molar-refractivity contribution in [3.63, 3.8) is 0 Å². The third-order valence-electron chi connectivity index (χ3n) is 5.60. The molecule has 1 aliphatic heterocycles. The first kappa shape index (κ1) is 20.7. The zero-order valence-electron chi connectivity index (χ0n) is 17.5. The zero-order chi connectivity index (χ0) is 21.5. The highest BCUT2D eigenvalue weighted by molar-refractivity contribution is 5.88. The van der Waals surface area contributed by atoms with Gasteiger partial charge < -0.3 is 10.6 Å². The van der Waals surface area contributed by atoms with Crippen molar-refractivity contribution in [3.8, 4) is 0 Å². The highest BCUT2D eigenvalue weighted by Gasteiger charge is 2.23. The van der Waals surface area contributed by atoms with Gasteiger partial charge in [-0.25, -0.2) is 9.97 Å². The number of carbonyl (C=O) groups excluding carboxylic acids is 1. The Kier molecular flexibility index (Phi) is 6.62. The first-order chi connectivity index (χ1) is 15.2. The van der Waals surface area contributed by atoms with Crippen LogP contribution in [0.5, 0.6) is 0 Å². The summed E-state index contributed by atoms with van der Waals surface area (Å²) in [5.41, 5.74) is 14.4. The minimum Gasteiger partial charge on any atom is -0.393 e. The molecule has 1 aliphatic rings. The monoisotopic (exact) mass is 416 g/mol. The van der Waals surface area contributed by atoms with Crippen molar-refractivity contribution in [2.75, 3.05) is 29.1 Å². The van der Waals surface area contributed by atoms with Crippen LogP contribution in [-0.4, -0.2) is 29.0 Å². The van der Waals surface area contributed by atoms with E-state index in [2.05, 4.69) is 25.7 Å². The van der Waals surface area contributed by atoms with Crippen molar-refractivity contribution in [3.05, 3.63) is 78.1 Å². The fourth-order valence-electron chi connectivity index (χ4n) is 4.00. The SMILES string of the molecule is Nc1c(NNC(=O)C(c2ccccc2)c2ccccc2)ncnc1N1CCCCCC1. The largest absolute Gasteiger partial charge is 0.393 e. The van der Waals surface area contributed by atoms with Gasteiger partial charge in [-0.3, -0.25) is 15.6 Å². The molecule has 7 heteroatoms. The lowest BCUT2D eigenvalue weighted by molar-refractivity contribution is -0.121. The quantitative estimate of drug-likeness (QED) is 0.530. The Balaban J connectivity index is 1.52. The van der Waals surface area contributed by atoms with E-state index in [0.29, 0.717) is 11.5 Å². The van der Waals surface area contributed by atoms with Crippen LogP contribution in [-0.2, 0) is 4.79 Å². The molecule has 3 aromatic rings. The normalized spacial score (nSPS) is 14.2. The molecule has 4 N–H and O–H groups in total. The second kappa shape index (κ2) is 9.93. The molecule has 0 radical (unpaired) electrons.